The molecule has 3 aromatic heterocycles. The molecule has 0 aliphatic rings. The Balaban J connectivity index is 2.05. The quantitative estimate of drug-likeness (QED) is 0.582. The lowest BCUT2D eigenvalue weighted by Crippen LogP contribution is -1.98. The molecule has 0 bridgehead atoms. The lowest BCUT2D eigenvalue weighted by atomic mass is 10.0. The zero-order valence-electron chi connectivity index (χ0n) is 16.3. The predicted molar refractivity (Wildman–Crippen MR) is 107 cm³/mol. The normalized spacial score (nSPS) is 11.1. The van der Waals surface area contributed by atoms with Crippen molar-refractivity contribution < 1.29 is 9.84 Å². The maximum atomic E-state index is 9.99. The number of fused-ring (bicyclic) bond motifs is 1. The van der Waals surface area contributed by atoms with Gasteiger partial charge in [0.1, 0.15) is 11.5 Å². The van der Waals surface area contributed by atoms with Gasteiger partial charge in [0.25, 0.3) is 0 Å². The average Bonchev–Trinajstić information content (AvgIpc) is 3.03. The van der Waals surface area contributed by atoms with E-state index in [-0.39, 0.29) is 5.75 Å². The van der Waals surface area contributed by atoms with E-state index in [0.717, 1.165) is 34.6 Å². The summed E-state index contributed by atoms with van der Waals surface area (Å²) in [5.74, 6) is 0.766. The van der Waals surface area contributed by atoms with Crippen molar-refractivity contribution >= 4 is 11.0 Å². The van der Waals surface area contributed by atoms with Gasteiger partial charge in [0.05, 0.1) is 35.8 Å². The number of methoxy groups -OCH3 is 1. The summed E-state index contributed by atoms with van der Waals surface area (Å²) in [6, 6.07) is 6.90. The zero-order chi connectivity index (χ0) is 19.8. The Morgan fingerprint density at radius 2 is 1.86 bits per heavy atom. The molecule has 0 saturated heterocycles. The third-order valence-corrected chi connectivity index (χ3v) is 4.78. The zero-order valence-corrected chi connectivity index (χ0v) is 16.3. The molecule has 1 aromatic carbocycles. The van der Waals surface area contributed by atoms with Crippen LogP contribution in [0.1, 0.15) is 18.3 Å². The van der Waals surface area contributed by atoms with Gasteiger partial charge >= 0.3 is 0 Å². The first-order chi connectivity index (χ1) is 13.5. The number of ether oxygens (including phenoxy) is 1. The van der Waals surface area contributed by atoms with Crippen LogP contribution in [0.15, 0.2) is 36.7 Å². The maximum absolute atomic E-state index is 9.99. The predicted octanol–water partition coefficient (Wildman–Crippen LogP) is 3.91. The van der Waals surface area contributed by atoms with Gasteiger partial charge in [-0.05, 0) is 45.0 Å². The summed E-state index contributed by atoms with van der Waals surface area (Å²) in [7, 11) is 1.59. The van der Waals surface area contributed by atoms with Crippen LogP contribution in [0.5, 0.6) is 11.5 Å². The molecule has 142 valence electrons. The highest BCUT2D eigenvalue weighted by molar-refractivity contribution is 5.96. The van der Waals surface area contributed by atoms with Crippen LogP contribution in [0.3, 0.4) is 0 Å². The molecule has 4 aromatic rings. The highest BCUT2D eigenvalue weighted by Crippen LogP contribution is 2.37. The van der Waals surface area contributed by atoms with E-state index < -0.39 is 0 Å². The number of hydrogen-bond acceptors (Lipinski definition) is 6. The first kappa shape index (κ1) is 17.9. The first-order valence-corrected chi connectivity index (χ1v) is 9.06. The Morgan fingerprint density at radius 3 is 2.54 bits per heavy atom. The summed E-state index contributed by atoms with van der Waals surface area (Å²) in [4.78, 5) is 13.7. The van der Waals surface area contributed by atoms with Crippen molar-refractivity contribution in [3.05, 3.63) is 48.0 Å². The van der Waals surface area contributed by atoms with Crippen molar-refractivity contribution in [2.24, 2.45) is 0 Å². The number of hydrogen-bond donors (Lipinski definition) is 1. The molecule has 28 heavy (non-hydrogen) atoms. The second-order valence-corrected chi connectivity index (χ2v) is 6.58. The third kappa shape index (κ3) is 2.94. The number of phenolic OH excluding ortho intramolecular Hbond substituents is 1. The number of benzene rings is 1. The molecule has 4 rings (SSSR count). The minimum absolute atomic E-state index is 0.143. The highest BCUT2D eigenvalue weighted by Gasteiger charge is 2.19. The second kappa shape index (κ2) is 6.92. The molecule has 7 heteroatoms. The number of phenols is 1. The van der Waals surface area contributed by atoms with Crippen LogP contribution in [-0.4, -0.2) is 36.9 Å². The van der Waals surface area contributed by atoms with E-state index >= 15 is 0 Å². The number of aromatic nitrogens is 5. The van der Waals surface area contributed by atoms with E-state index in [1.807, 2.05) is 31.5 Å². The van der Waals surface area contributed by atoms with Crippen LogP contribution in [0.4, 0.5) is 0 Å². The molecule has 0 saturated carbocycles. The largest absolute Gasteiger partial charge is 0.508 e. The number of aryl methyl sites for hydroxylation is 3. The molecule has 0 atom stereocenters. The minimum atomic E-state index is 0.143. The van der Waals surface area contributed by atoms with Crippen LogP contribution in [0, 0.1) is 13.8 Å². The fraction of sp³-hybridized carbons (Fsp3) is 0.238. The monoisotopic (exact) mass is 375 g/mol. The van der Waals surface area contributed by atoms with Gasteiger partial charge in [-0.3, -0.25) is 14.6 Å². The summed E-state index contributed by atoms with van der Waals surface area (Å²) >= 11 is 0. The fourth-order valence-corrected chi connectivity index (χ4v) is 3.35. The molecule has 0 fully saturated rings. The van der Waals surface area contributed by atoms with E-state index in [9.17, 15) is 5.11 Å². The third-order valence-electron chi connectivity index (χ3n) is 4.78. The summed E-state index contributed by atoms with van der Waals surface area (Å²) in [5, 5.41) is 15.6. The molecule has 0 amide bonds. The first-order valence-electron chi connectivity index (χ1n) is 9.06. The van der Waals surface area contributed by atoms with E-state index in [4.69, 9.17) is 9.72 Å². The van der Waals surface area contributed by atoms with Gasteiger partial charge in [-0.25, -0.2) is 4.98 Å². The standard InChI is InChI=1S/C21H21N5O2/c1-5-26-13(3)20-16(18-11-22-12(2)10-23-18)9-17(24-21(20)25-26)15-8-14(27)6-7-19(15)28-4/h6-11,27H,5H2,1-4H3. The van der Waals surface area contributed by atoms with E-state index in [1.54, 1.807) is 37.7 Å². The topological polar surface area (TPSA) is 86.0 Å². The Bertz CT molecular complexity index is 1170. The van der Waals surface area contributed by atoms with Crippen LogP contribution in [0.25, 0.3) is 33.5 Å². The van der Waals surface area contributed by atoms with Gasteiger partial charge in [-0.1, -0.05) is 0 Å². The van der Waals surface area contributed by atoms with E-state index in [2.05, 4.69) is 15.1 Å². The summed E-state index contributed by atoms with van der Waals surface area (Å²) in [6.45, 7) is 6.72. The molecule has 0 spiro atoms. The molecule has 1 N–H and O–H groups in total. The fourth-order valence-electron chi connectivity index (χ4n) is 3.35. The maximum Gasteiger partial charge on any atom is 0.182 e. The Morgan fingerprint density at radius 1 is 1.04 bits per heavy atom. The molecule has 0 unspecified atom stereocenters. The SMILES string of the molecule is CCn1nc2nc(-c3cc(O)ccc3OC)cc(-c3cnc(C)cn3)c2c1C. The van der Waals surface area contributed by atoms with E-state index in [1.165, 1.54) is 0 Å². The smallest absolute Gasteiger partial charge is 0.182 e. The second-order valence-electron chi connectivity index (χ2n) is 6.58. The molecule has 7 nitrogen and oxygen atoms in total. The minimum Gasteiger partial charge on any atom is -0.508 e. The molecular weight excluding hydrogens is 354 g/mol. The highest BCUT2D eigenvalue weighted by atomic mass is 16.5. The van der Waals surface area contributed by atoms with E-state index in [0.29, 0.717) is 22.7 Å². The lowest BCUT2D eigenvalue weighted by Gasteiger charge is -2.11. The van der Waals surface area contributed by atoms with Gasteiger partial charge in [0.2, 0.25) is 0 Å². The summed E-state index contributed by atoms with van der Waals surface area (Å²) in [5.41, 5.74) is 5.49. The number of rotatable bonds is 4. The Labute approximate surface area is 162 Å². The molecule has 0 aliphatic carbocycles. The van der Waals surface area contributed by atoms with Gasteiger partial charge in [0.15, 0.2) is 5.65 Å². The van der Waals surface area contributed by atoms with Crippen molar-refractivity contribution in [3.63, 3.8) is 0 Å². The van der Waals surface area contributed by atoms with Gasteiger partial charge in [-0.2, -0.15) is 5.10 Å². The lowest BCUT2D eigenvalue weighted by molar-refractivity contribution is 0.414. The van der Waals surface area contributed by atoms with Crippen molar-refractivity contribution in [2.45, 2.75) is 27.3 Å². The molecule has 0 aliphatic heterocycles. The van der Waals surface area contributed by atoms with Crippen molar-refractivity contribution in [1.29, 1.82) is 0 Å². The van der Waals surface area contributed by atoms with Crippen molar-refractivity contribution in [3.8, 4) is 34.0 Å². The number of aromatic hydroxyl groups is 1. The van der Waals surface area contributed by atoms with Crippen LogP contribution in [-0.2, 0) is 6.54 Å². The molecule has 3 heterocycles. The van der Waals surface area contributed by atoms with Crippen LogP contribution < -0.4 is 4.74 Å². The van der Waals surface area contributed by atoms with Crippen LogP contribution >= 0.6 is 0 Å². The van der Waals surface area contributed by atoms with Gasteiger partial charge in [-0.15, -0.1) is 0 Å². The Kier molecular flexibility index (Phi) is 4.43. The van der Waals surface area contributed by atoms with Gasteiger partial charge in [0, 0.05) is 29.6 Å². The summed E-state index contributed by atoms with van der Waals surface area (Å²) < 4.78 is 7.40. The van der Waals surface area contributed by atoms with Gasteiger partial charge < -0.3 is 9.84 Å². The van der Waals surface area contributed by atoms with Crippen LogP contribution in [0.2, 0.25) is 0 Å². The van der Waals surface area contributed by atoms with Crippen molar-refractivity contribution in [1.82, 2.24) is 24.7 Å². The molecular formula is C21H21N5O2. The average molecular weight is 375 g/mol. The number of pyridine rings is 1. The molecule has 0 radical (unpaired) electrons. The Hall–Kier alpha value is -3.48. The summed E-state index contributed by atoms with van der Waals surface area (Å²) in [6.07, 6.45) is 3.51. The van der Waals surface area contributed by atoms with Crippen molar-refractivity contribution in [2.75, 3.05) is 7.11 Å². The number of nitrogens with zero attached hydrogens (tertiary/aromatic N) is 5.